The molecule has 0 aliphatic rings. The Morgan fingerprint density at radius 3 is 2.13 bits per heavy atom. The molecule has 23 heavy (non-hydrogen) atoms. The van der Waals surface area contributed by atoms with E-state index in [4.69, 9.17) is 0 Å². The van der Waals surface area contributed by atoms with Crippen molar-refractivity contribution in [3.8, 4) is 0 Å². The summed E-state index contributed by atoms with van der Waals surface area (Å²) in [5.74, 6) is 0. The Morgan fingerprint density at radius 1 is 1.09 bits per heavy atom. The first kappa shape index (κ1) is 19.2. The maximum atomic E-state index is 4.23. The molecular weight excluding hydrogens is 332 g/mol. The number of aryl methyl sites for hydroxylation is 1. The van der Waals surface area contributed by atoms with Crippen molar-refractivity contribution in [1.29, 1.82) is 0 Å². The monoisotopic (exact) mass is 354 g/mol. The predicted octanol–water partition coefficient (Wildman–Crippen LogP) is 1.29. The van der Waals surface area contributed by atoms with Gasteiger partial charge in [0.15, 0.2) is 10.3 Å². The van der Waals surface area contributed by atoms with E-state index in [1.54, 1.807) is 19.4 Å². The predicted molar refractivity (Wildman–Crippen MR) is 103 cm³/mol. The van der Waals surface area contributed by atoms with Crippen LogP contribution in [-0.2, 0) is 7.05 Å². The van der Waals surface area contributed by atoms with Crippen LogP contribution in [0.3, 0.4) is 0 Å². The van der Waals surface area contributed by atoms with Gasteiger partial charge in [0.1, 0.15) is 5.71 Å². The summed E-state index contributed by atoms with van der Waals surface area (Å²) < 4.78 is 1.83. The molecule has 0 saturated carbocycles. The summed E-state index contributed by atoms with van der Waals surface area (Å²) >= 11 is 8.39. The third kappa shape index (κ3) is 6.45. The molecule has 10 heteroatoms. The van der Waals surface area contributed by atoms with E-state index >= 15 is 0 Å². The van der Waals surface area contributed by atoms with Crippen molar-refractivity contribution in [2.45, 2.75) is 20.8 Å². The standard InChI is InChI=1S/C13H22N8S2/c1-5-15-12(22)19-17-9(3)11(10-7-14-8-21(10)4)18-20-13(23)16-6-2/h7-8H,5-6H2,1-4H3,(H2,15,19,22)(H2,16,20,23)/b17-9+,18-11-. The van der Waals surface area contributed by atoms with Gasteiger partial charge in [0.2, 0.25) is 0 Å². The second kappa shape index (κ2) is 10.1. The zero-order chi connectivity index (χ0) is 17.2. The molecule has 2 N–H and O–H groups in total. The maximum Gasteiger partial charge on any atom is 0.180 e. The van der Waals surface area contributed by atoms with Crippen molar-refractivity contribution in [3.63, 3.8) is 0 Å². The molecule has 1 aromatic rings. The van der Waals surface area contributed by atoms with E-state index in [0.717, 1.165) is 12.2 Å². The summed E-state index contributed by atoms with van der Waals surface area (Å²) in [6.45, 7) is 7.13. The second-order valence-electron chi connectivity index (χ2n) is 4.43. The van der Waals surface area contributed by atoms with Crippen molar-refractivity contribution < 1.29 is 0 Å². The Morgan fingerprint density at radius 2 is 1.65 bits per heavy atom. The SMILES string of the molecule is CCN/C(S)=N/N=C(C)/C(=N/N=C(\S)NCC)c1cncn1C. The van der Waals surface area contributed by atoms with E-state index in [1.165, 1.54) is 0 Å². The van der Waals surface area contributed by atoms with Crippen LogP contribution >= 0.6 is 25.3 Å². The minimum atomic E-state index is 0.422. The fourth-order valence-corrected chi connectivity index (χ4v) is 1.95. The van der Waals surface area contributed by atoms with Crippen LogP contribution in [-0.4, -0.2) is 44.4 Å². The van der Waals surface area contributed by atoms with Crippen LogP contribution in [0.25, 0.3) is 0 Å². The normalized spacial score (nSPS) is 14.2. The van der Waals surface area contributed by atoms with Gasteiger partial charge in [-0.25, -0.2) is 4.98 Å². The van der Waals surface area contributed by atoms with Crippen molar-refractivity contribution in [1.82, 2.24) is 20.2 Å². The van der Waals surface area contributed by atoms with Crippen LogP contribution in [0.5, 0.6) is 0 Å². The van der Waals surface area contributed by atoms with E-state index in [0.29, 0.717) is 28.3 Å². The molecule has 1 rings (SSSR count). The molecule has 0 amide bonds. The van der Waals surface area contributed by atoms with Gasteiger partial charge >= 0.3 is 0 Å². The van der Waals surface area contributed by atoms with Crippen LogP contribution in [0.4, 0.5) is 0 Å². The first-order chi connectivity index (χ1) is 11.0. The number of nitrogens with one attached hydrogen (secondary N) is 2. The summed E-state index contributed by atoms with van der Waals surface area (Å²) in [7, 11) is 1.87. The highest BCUT2D eigenvalue weighted by Gasteiger charge is 2.12. The molecule has 0 saturated heterocycles. The van der Waals surface area contributed by atoms with Crippen LogP contribution in [0, 0.1) is 0 Å². The van der Waals surface area contributed by atoms with Crippen LogP contribution in [0.1, 0.15) is 26.5 Å². The quantitative estimate of drug-likeness (QED) is 0.268. The Labute approximate surface area is 147 Å². The number of thiol groups is 2. The number of nitrogens with zero attached hydrogens (tertiary/aromatic N) is 6. The lowest BCUT2D eigenvalue weighted by Crippen LogP contribution is -2.19. The highest BCUT2D eigenvalue weighted by molar-refractivity contribution is 7.97. The van der Waals surface area contributed by atoms with E-state index in [2.05, 4.69) is 61.3 Å². The fourth-order valence-electron chi connectivity index (χ4n) is 1.55. The smallest absolute Gasteiger partial charge is 0.180 e. The Hall–Kier alpha value is -1.81. The zero-order valence-corrected chi connectivity index (χ0v) is 15.4. The summed E-state index contributed by atoms with van der Waals surface area (Å²) in [4.78, 5) is 4.09. The summed E-state index contributed by atoms with van der Waals surface area (Å²) in [6.07, 6.45) is 3.37. The molecule has 1 aromatic heterocycles. The fraction of sp³-hybridized carbons (Fsp3) is 0.462. The molecule has 0 aromatic carbocycles. The number of amidine groups is 2. The van der Waals surface area contributed by atoms with Gasteiger partial charge in [0.25, 0.3) is 0 Å². The van der Waals surface area contributed by atoms with Gasteiger partial charge in [-0.15, -0.1) is 40.6 Å². The Bertz CT molecular complexity index is 630. The number of aromatic nitrogens is 2. The van der Waals surface area contributed by atoms with Gasteiger partial charge in [-0.3, -0.25) is 0 Å². The molecule has 0 aliphatic heterocycles. The largest absolute Gasteiger partial charge is 0.364 e. The highest BCUT2D eigenvalue weighted by Crippen LogP contribution is 2.04. The number of hydrogen-bond donors (Lipinski definition) is 4. The topological polar surface area (TPSA) is 91.3 Å². The zero-order valence-electron chi connectivity index (χ0n) is 13.6. The summed E-state index contributed by atoms with van der Waals surface area (Å²) in [5, 5.41) is 23.2. The van der Waals surface area contributed by atoms with Crippen molar-refractivity contribution >= 4 is 47.0 Å². The third-order valence-electron chi connectivity index (χ3n) is 2.61. The van der Waals surface area contributed by atoms with E-state index in [9.17, 15) is 0 Å². The molecule has 0 spiro atoms. The van der Waals surface area contributed by atoms with Gasteiger partial charge in [0.05, 0.1) is 23.9 Å². The summed E-state index contributed by atoms with van der Waals surface area (Å²) in [5.41, 5.74) is 1.90. The average Bonchev–Trinajstić information content (AvgIpc) is 2.92. The number of imidazole rings is 1. The van der Waals surface area contributed by atoms with Crippen molar-refractivity contribution in [2.24, 2.45) is 27.5 Å². The first-order valence-corrected chi connectivity index (χ1v) is 7.99. The Kier molecular flexibility index (Phi) is 8.41. The first-order valence-electron chi connectivity index (χ1n) is 7.10. The number of hydrogen-bond acceptors (Lipinski definition) is 5. The molecule has 0 fully saturated rings. The number of rotatable bonds is 6. The van der Waals surface area contributed by atoms with Gasteiger partial charge < -0.3 is 15.2 Å². The minimum Gasteiger partial charge on any atom is -0.364 e. The lowest BCUT2D eigenvalue weighted by atomic mass is 10.2. The minimum absolute atomic E-state index is 0.422. The Balaban J connectivity index is 3.17. The average molecular weight is 355 g/mol. The van der Waals surface area contributed by atoms with Gasteiger partial charge in [-0.05, 0) is 20.8 Å². The molecule has 126 valence electrons. The van der Waals surface area contributed by atoms with E-state index < -0.39 is 0 Å². The van der Waals surface area contributed by atoms with Crippen molar-refractivity contribution in [2.75, 3.05) is 13.1 Å². The van der Waals surface area contributed by atoms with E-state index in [-0.39, 0.29) is 0 Å². The van der Waals surface area contributed by atoms with Gasteiger partial charge in [-0.1, -0.05) is 0 Å². The van der Waals surface area contributed by atoms with Crippen molar-refractivity contribution in [3.05, 3.63) is 18.2 Å². The van der Waals surface area contributed by atoms with Gasteiger partial charge in [0, 0.05) is 20.1 Å². The lowest BCUT2D eigenvalue weighted by molar-refractivity contribution is 0.901. The molecule has 0 aliphatic carbocycles. The second-order valence-corrected chi connectivity index (χ2v) is 5.28. The molecule has 0 radical (unpaired) electrons. The van der Waals surface area contributed by atoms with Crippen LogP contribution in [0.2, 0.25) is 0 Å². The third-order valence-corrected chi connectivity index (χ3v) is 3.11. The van der Waals surface area contributed by atoms with Crippen LogP contribution < -0.4 is 10.6 Å². The van der Waals surface area contributed by atoms with E-state index in [1.807, 2.05) is 25.5 Å². The summed E-state index contributed by atoms with van der Waals surface area (Å²) in [6, 6.07) is 0. The molecule has 8 nitrogen and oxygen atoms in total. The van der Waals surface area contributed by atoms with Gasteiger partial charge in [-0.2, -0.15) is 5.10 Å². The molecule has 0 atom stereocenters. The van der Waals surface area contributed by atoms with Crippen LogP contribution in [0.15, 0.2) is 32.9 Å². The highest BCUT2D eigenvalue weighted by atomic mass is 32.1. The molecule has 1 heterocycles. The molecule has 0 bridgehead atoms. The maximum absolute atomic E-state index is 4.23. The molecule has 0 unspecified atom stereocenters. The lowest BCUT2D eigenvalue weighted by Gasteiger charge is -2.05. The molecular formula is C13H22N8S2.